The number of ether oxygens (including phenoxy) is 1. The van der Waals surface area contributed by atoms with E-state index in [4.69, 9.17) is 4.74 Å². The highest BCUT2D eigenvalue weighted by Crippen LogP contribution is 2.15. The summed E-state index contributed by atoms with van der Waals surface area (Å²) in [5.41, 5.74) is 1.08. The van der Waals surface area contributed by atoms with Gasteiger partial charge in [-0.3, -0.25) is 9.59 Å². The number of carbonyl (C=O) groups is 2. The number of thiophene rings is 1. The summed E-state index contributed by atoms with van der Waals surface area (Å²) >= 11 is 1.63. The van der Waals surface area contributed by atoms with Gasteiger partial charge in [-0.1, -0.05) is 43.3 Å². The summed E-state index contributed by atoms with van der Waals surface area (Å²) in [5.74, 6) is -0.0401. The zero-order valence-electron chi connectivity index (χ0n) is 16.1. The normalized spacial score (nSPS) is 10.6. The maximum absolute atomic E-state index is 13.0. The number of hydrogen-bond acceptors (Lipinski definition) is 4. The van der Waals surface area contributed by atoms with Crippen LogP contribution < -0.4 is 0 Å². The Balaban J connectivity index is 2.08. The Hall–Kier alpha value is -2.18. The summed E-state index contributed by atoms with van der Waals surface area (Å²) in [6, 6.07) is 14.0. The Bertz CT molecular complexity index is 689. The molecule has 0 N–H and O–H groups in total. The smallest absolute Gasteiger partial charge is 0.242 e. The van der Waals surface area contributed by atoms with Crippen molar-refractivity contribution in [3.63, 3.8) is 0 Å². The van der Waals surface area contributed by atoms with Crippen LogP contribution in [0, 0.1) is 0 Å². The fourth-order valence-corrected chi connectivity index (χ4v) is 3.52. The van der Waals surface area contributed by atoms with E-state index in [9.17, 15) is 9.59 Å². The van der Waals surface area contributed by atoms with Gasteiger partial charge < -0.3 is 14.5 Å². The Kier molecular flexibility index (Phi) is 9.01. The fraction of sp³-hybridized carbons (Fsp3) is 0.429. The monoisotopic (exact) mass is 388 g/mol. The van der Waals surface area contributed by atoms with E-state index >= 15 is 0 Å². The van der Waals surface area contributed by atoms with Crippen molar-refractivity contribution in [3.05, 3.63) is 58.3 Å². The lowest BCUT2D eigenvalue weighted by Gasteiger charge is -2.27. The maximum Gasteiger partial charge on any atom is 0.242 e. The Morgan fingerprint density at radius 2 is 1.78 bits per heavy atom. The first-order valence-corrected chi connectivity index (χ1v) is 10.1. The number of methoxy groups -OCH3 is 1. The maximum atomic E-state index is 13.0. The Morgan fingerprint density at radius 1 is 1.00 bits per heavy atom. The molecular formula is C21H28N2O3S. The fourth-order valence-electron chi connectivity index (χ4n) is 2.81. The molecule has 0 fully saturated rings. The molecule has 0 bridgehead atoms. The van der Waals surface area contributed by atoms with E-state index in [1.165, 1.54) is 0 Å². The molecule has 146 valence electrons. The van der Waals surface area contributed by atoms with Crippen LogP contribution in [0.2, 0.25) is 0 Å². The van der Waals surface area contributed by atoms with Crippen LogP contribution in [-0.4, -0.2) is 48.4 Å². The van der Waals surface area contributed by atoms with E-state index < -0.39 is 0 Å². The number of carbonyl (C=O) groups excluding carboxylic acids is 2. The molecule has 0 aliphatic carbocycles. The zero-order chi connectivity index (χ0) is 19.5. The molecule has 6 heteroatoms. The second kappa shape index (κ2) is 11.5. The highest BCUT2D eigenvalue weighted by Gasteiger charge is 2.21. The summed E-state index contributed by atoms with van der Waals surface area (Å²) in [5, 5.41) is 2.01. The molecule has 2 rings (SSSR count). The predicted octanol–water partition coefficient (Wildman–Crippen LogP) is 3.55. The molecule has 1 aromatic heterocycles. The van der Waals surface area contributed by atoms with Crippen molar-refractivity contribution >= 4 is 23.2 Å². The number of amides is 2. The number of rotatable bonds is 11. The van der Waals surface area contributed by atoms with Crippen molar-refractivity contribution < 1.29 is 14.3 Å². The minimum atomic E-state index is -0.0357. The molecule has 1 heterocycles. The third-order valence-electron chi connectivity index (χ3n) is 4.25. The van der Waals surface area contributed by atoms with Gasteiger partial charge in [-0.15, -0.1) is 11.3 Å². The summed E-state index contributed by atoms with van der Waals surface area (Å²) in [7, 11) is 1.64. The van der Waals surface area contributed by atoms with Crippen molar-refractivity contribution in [1.29, 1.82) is 0 Å². The van der Waals surface area contributed by atoms with Crippen LogP contribution in [0.5, 0.6) is 0 Å². The Morgan fingerprint density at radius 3 is 2.41 bits per heavy atom. The predicted molar refractivity (Wildman–Crippen MR) is 108 cm³/mol. The van der Waals surface area contributed by atoms with Crippen LogP contribution in [0.25, 0.3) is 0 Å². The molecule has 0 aliphatic heterocycles. The highest BCUT2D eigenvalue weighted by atomic mass is 32.1. The topological polar surface area (TPSA) is 49.9 Å². The van der Waals surface area contributed by atoms with Crippen LogP contribution in [0.3, 0.4) is 0 Å². The highest BCUT2D eigenvalue weighted by molar-refractivity contribution is 7.09. The first-order chi connectivity index (χ1) is 13.1. The van der Waals surface area contributed by atoms with Crippen LogP contribution in [0.4, 0.5) is 0 Å². The minimum absolute atomic E-state index is 0.00441. The molecule has 2 amide bonds. The van der Waals surface area contributed by atoms with Crippen LogP contribution in [-0.2, 0) is 27.4 Å². The van der Waals surface area contributed by atoms with E-state index in [1.54, 1.807) is 23.3 Å². The van der Waals surface area contributed by atoms with E-state index in [0.717, 1.165) is 16.9 Å². The molecule has 1 aromatic carbocycles. The van der Waals surface area contributed by atoms with E-state index in [2.05, 4.69) is 0 Å². The third-order valence-corrected chi connectivity index (χ3v) is 5.11. The number of benzene rings is 1. The van der Waals surface area contributed by atoms with Crippen LogP contribution in [0.15, 0.2) is 47.8 Å². The van der Waals surface area contributed by atoms with Gasteiger partial charge in [0.15, 0.2) is 0 Å². The summed E-state index contributed by atoms with van der Waals surface area (Å²) < 4.78 is 5.08. The van der Waals surface area contributed by atoms with Gasteiger partial charge in [0.25, 0.3) is 0 Å². The molecule has 0 unspecified atom stereocenters. The third kappa shape index (κ3) is 7.15. The molecular weight excluding hydrogens is 360 g/mol. The molecule has 2 aromatic rings. The molecule has 27 heavy (non-hydrogen) atoms. The molecule has 0 saturated carbocycles. The number of hydrogen-bond donors (Lipinski definition) is 0. The molecule has 0 atom stereocenters. The lowest BCUT2D eigenvalue weighted by molar-refractivity contribution is -0.141. The second-order valence-electron chi connectivity index (χ2n) is 6.33. The van der Waals surface area contributed by atoms with Gasteiger partial charge in [0.1, 0.15) is 0 Å². The molecule has 0 saturated heterocycles. The number of nitrogens with zero attached hydrogens (tertiary/aromatic N) is 2. The average molecular weight is 389 g/mol. The SMILES string of the molecule is CCC(=O)N(CCCOC)CC(=O)N(Cc1ccccc1)Cc1cccs1. The molecule has 0 radical (unpaired) electrons. The summed E-state index contributed by atoms with van der Waals surface area (Å²) in [6.45, 7) is 4.12. The quantitative estimate of drug-likeness (QED) is 0.553. The van der Waals surface area contributed by atoms with Crippen LogP contribution in [0.1, 0.15) is 30.2 Å². The molecule has 0 spiro atoms. The van der Waals surface area contributed by atoms with E-state index in [-0.39, 0.29) is 18.4 Å². The summed E-state index contributed by atoms with van der Waals surface area (Å²) in [4.78, 5) is 29.9. The van der Waals surface area contributed by atoms with Crippen molar-refractivity contribution in [2.45, 2.75) is 32.9 Å². The lowest BCUT2D eigenvalue weighted by atomic mass is 10.2. The van der Waals surface area contributed by atoms with Crippen molar-refractivity contribution in [2.75, 3.05) is 26.8 Å². The standard InChI is InChI=1S/C21H28N2O3S/c1-3-20(24)22(12-8-13-26-2)17-21(25)23(16-19-11-7-14-27-19)15-18-9-5-4-6-10-18/h4-7,9-11,14H,3,8,12-13,15-17H2,1-2H3. The Labute approximate surface area is 165 Å². The van der Waals surface area contributed by atoms with Gasteiger partial charge in [-0.2, -0.15) is 0 Å². The summed E-state index contributed by atoms with van der Waals surface area (Å²) in [6.07, 6.45) is 1.11. The van der Waals surface area contributed by atoms with Crippen LogP contribution >= 0.6 is 11.3 Å². The first kappa shape index (κ1) is 21.1. The van der Waals surface area contributed by atoms with Gasteiger partial charge in [0.2, 0.25) is 11.8 Å². The van der Waals surface area contributed by atoms with E-state index in [0.29, 0.717) is 32.7 Å². The zero-order valence-corrected chi connectivity index (χ0v) is 16.9. The minimum Gasteiger partial charge on any atom is -0.385 e. The van der Waals surface area contributed by atoms with Gasteiger partial charge in [-0.05, 0) is 23.4 Å². The second-order valence-corrected chi connectivity index (χ2v) is 7.36. The molecule has 5 nitrogen and oxygen atoms in total. The van der Waals surface area contributed by atoms with Gasteiger partial charge >= 0.3 is 0 Å². The van der Waals surface area contributed by atoms with Gasteiger partial charge in [0, 0.05) is 38.1 Å². The van der Waals surface area contributed by atoms with Gasteiger partial charge in [0.05, 0.1) is 13.1 Å². The van der Waals surface area contributed by atoms with Crippen molar-refractivity contribution in [1.82, 2.24) is 9.80 Å². The largest absolute Gasteiger partial charge is 0.385 e. The first-order valence-electron chi connectivity index (χ1n) is 9.24. The van der Waals surface area contributed by atoms with Gasteiger partial charge in [-0.25, -0.2) is 0 Å². The molecule has 0 aliphatic rings. The van der Waals surface area contributed by atoms with Crippen molar-refractivity contribution in [3.8, 4) is 0 Å². The average Bonchev–Trinajstić information content (AvgIpc) is 3.20. The van der Waals surface area contributed by atoms with E-state index in [1.807, 2.05) is 59.7 Å². The lowest BCUT2D eigenvalue weighted by Crippen LogP contribution is -2.42. The van der Waals surface area contributed by atoms with Crippen molar-refractivity contribution in [2.24, 2.45) is 0 Å².